The van der Waals surface area contributed by atoms with Crippen molar-refractivity contribution in [2.75, 3.05) is 0 Å². The zero-order valence-electron chi connectivity index (χ0n) is 15.7. The van der Waals surface area contributed by atoms with Gasteiger partial charge in [0.25, 0.3) is 5.91 Å². The fraction of sp³-hybridized carbons (Fsp3) is 0.409. The molecule has 1 N–H and O–H groups in total. The highest BCUT2D eigenvalue weighted by molar-refractivity contribution is 5.81. The second kappa shape index (κ2) is 8.70. The Kier molecular flexibility index (Phi) is 6.63. The summed E-state index contributed by atoms with van der Waals surface area (Å²) in [5, 5.41) is 3.13. The van der Waals surface area contributed by atoms with Gasteiger partial charge in [0, 0.05) is 5.54 Å². The number of rotatable bonds is 8. The van der Waals surface area contributed by atoms with Crippen LogP contribution >= 0.6 is 0 Å². The number of carbonyl (C=O) groups excluding carboxylic acids is 1. The number of benzene rings is 2. The molecule has 1 amide bonds. The summed E-state index contributed by atoms with van der Waals surface area (Å²) in [5.74, 6) is 0.670. The van der Waals surface area contributed by atoms with Crippen molar-refractivity contribution in [1.82, 2.24) is 5.32 Å². The van der Waals surface area contributed by atoms with Crippen molar-refractivity contribution >= 4 is 5.91 Å². The average molecular weight is 339 g/mol. The van der Waals surface area contributed by atoms with Gasteiger partial charge in [-0.2, -0.15) is 0 Å². The van der Waals surface area contributed by atoms with Crippen molar-refractivity contribution in [3.63, 3.8) is 0 Å². The minimum atomic E-state index is -0.484. The Morgan fingerprint density at radius 3 is 2.20 bits per heavy atom. The van der Waals surface area contributed by atoms with Crippen LogP contribution in [-0.2, 0) is 17.6 Å². The first kappa shape index (κ1) is 19.0. The van der Waals surface area contributed by atoms with E-state index in [0.717, 1.165) is 18.6 Å². The Hall–Kier alpha value is -2.29. The van der Waals surface area contributed by atoms with E-state index in [4.69, 9.17) is 4.74 Å². The molecule has 1 atom stereocenters. The van der Waals surface area contributed by atoms with Gasteiger partial charge in [0.05, 0.1) is 0 Å². The molecule has 3 heteroatoms. The van der Waals surface area contributed by atoms with Gasteiger partial charge in [-0.3, -0.25) is 4.79 Å². The fourth-order valence-electron chi connectivity index (χ4n) is 2.85. The zero-order valence-corrected chi connectivity index (χ0v) is 15.7. The van der Waals surface area contributed by atoms with Crippen LogP contribution in [0.25, 0.3) is 0 Å². The Balaban J connectivity index is 1.98. The number of carbonyl (C=O) groups is 1. The molecule has 2 aromatic carbocycles. The standard InChI is InChI=1S/C22H29NO2/c1-5-17-12-14-19(15-13-17)25-20(6-2)21(24)23-22(3,4)16-18-10-8-7-9-11-18/h7-15,20H,5-6,16H2,1-4H3,(H,23,24)/t20-/m1/s1. The molecule has 0 bridgehead atoms. The van der Waals surface area contributed by atoms with Crippen LogP contribution in [-0.4, -0.2) is 17.6 Å². The summed E-state index contributed by atoms with van der Waals surface area (Å²) in [4.78, 5) is 12.7. The molecule has 0 heterocycles. The molecule has 0 radical (unpaired) electrons. The topological polar surface area (TPSA) is 38.3 Å². The maximum atomic E-state index is 12.7. The lowest BCUT2D eigenvalue weighted by atomic mass is 9.94. The maximum absolute atomic E-state index is 12.7. The molecule has 0 saturated carbocycles. The molecule has 0 aliphatic carbocycles. The summed E-state index contributed by atoms with van der Waals surface area (Å²) < 4.78 is 5.91. The van der Waals surface area contributed by atoms with Crippen LogP contribution in [0.5, 0.6) is 5.75 Å². The van der Waals surface area contributed by atoms with Crippen molar-refractivity contribution < 1.29 is 9.53 Å². The van der Waals surface area contributed by atoms with Gasteiger partial charge >= 0.3 is 0 Å². The molecular formula is C22H29NO2. The summed E-state index contributed by atoms with van der Waals surface area (Å²) in [6.07, 6.45) is 1.91. The third-order valence-electron chi connectivity index (χ3n) is 4.22. The smallest absolute Gasteiger partial charge is 0.261 e. The Morgan fingerprint density at radius 1 is 1.00 bits per heavy atom. The van der Waals surface area contributed by atoms with Crippen LogP contribution in [0, 0.1) is 0 Å². The fourth-order valence-corrected chi connectivity index (χ4v) is 2.85. The molecule has 0 spiro atoms. The van der Waals surface area contributed by atoms with Gasteiger partial charge in [-0.15, -0.1) is 0 Å². The quantitative estimate of drug-likeness (QED) is 0.766. The van der Waals surface area contributed by atoms with Crippen molar-refractivity contribution in [2.45, 2.75) is 58.6 Å². The van der Waals surface area contributed by atoms with E-state index in [-0.39, 0.29) is 11.4 Å². The summed E-state index contributed by atoms with van der Waals surface area (Å²) in [6.45, 7) is 8.17. The van der Waals surface area contributed by atoms with Crippen molar-refractivity contribution in [3.05, 3.63) is 65.7 Å². The molecule has 134 valence electrons. The van der Waals surface area contributed by atoms with Gasteiger partial charge in [-0.05, 0) is 56.4 Å². The van der Waals surface area contributed by atoms with E-state index < -0.39 is 6.10 Å². The molecule has 0 fully saturated rings. The molecule has 0 aromatic heterocycles. The van der Waals surface area contributed by atoms with Crippen molar-refractivity contribution in [1.29, 1.82) is 0 Å². The van der Waals surface area contributed by atoms with Crippen LogP contribution in [0.15, 0.2) is 54.6 Å². The molecule has 25 heavy (non-hydrogen) atoms. The SMILES string of the molecule is CCc1ccc(O[C@H](CC)C(=O)NC(C)(C)Cc2ccccc2)cc1. The third kappa shape index (κ3) is 5.93. The van der Waals surface area contributed by atoms with Gasteiger partial charge < -0.3 is 10.1 Å². The van der Waals surface area contributed by atoms with Gasteiger partial charge in [0.15, 0.2) is 6.10 Å². The monoisotopic (exact) mass is 339 g/mol. The predicted octanol–water partition coefficient (Wildman–Crippen LogP) is 4.54. The van der Waals surface area contributed by atoms with E-state index in [9.17, 15) is 4.79 Å². The first-order valence-electron chi connectivity index (χ1n) is 9.05. The lowest BCUT2D eigenvalue weighted by Gasteiger charge is -2.29. The van der Waals surface area contributed by atoms with Crippen LogP contribution in [0.3, 0.4) is 0 Å². The van der Waals surface area contributed by atoms with E-state index in [2.05, 4.69) is 24.4 Å². The lowest BCUT2D eigenvalue weighted by Crippen LogP contribution is -2.50. The van der Waals surface area contributed by atoms with Crippen LogP contribution in [0.4, 0.5) is 0 Å². The summed E-state index contributed by atoms with van der Waals surface area (Å²) in [7, 11) is 0. The Labute approximate surface area is 151 Å². The maximum Gasteiger partial charge on any atom is 0.261 e. The number of hydrogen-bond donors (Lipinski definition) is 1. The van der Waals surface area contributed by atoms with Crippen molar-refractivity contribution in [3.8, 4) is 5.75 Å². The Morgan fingerprint density at radius 2 is 1.64 bits per heavy atom. The van der Waals surface area contributed by atoms with Gasteiger partial charge in [0.2, 0.25) is 0 Å². The highest BCUT2D eigenvalue weighted by atomic mass is 16.5. The number of nitrogens with one attached hydrogen (secondary N) is 1. The molecular weight excluding hydrogens is 310 g/mol. The molecule has 2 aromatic rings. The Bertz CT molecular complexity index is 662. The van der Waals surface area contributed by atoms with Gasteiger partial charge in [-0.25, -0.2) is 0 Å². The molecule has 0 saturated heterocycles. The number of ether oxygens (including phenoxy) is 1. The van der Waals surface area contributed by atoms with E-state index in [0.29, 0.717) is 6.42 Å². The summed E-state index contributed by atoms with van der Waals surface area (Å²) >= 11 is 0. The molecule has 3 nitrogen and oxygen atoms in total. The minimum Gasteiger partial charge on any atom is -0.481 e. The van der Waals surface area contributed by atoms with E-state index >= 15 is 0 Å². The second-order valence-corrected chi connectivity index (χ2v) is 7.05. The lowest BCUT2D eigenvalue weighted by molar-refractivity contribution is -0.129. The summed E-state index contributed by atoms with van der Waals surface area (Å²) in [6, 6.07) is 18.1. The minimum absolute atomic E-state index is 0.0667. The third-order valence-corrected chi connectivity index (χ3v) is 4.22. The normalized spacial score (nSPS) is 12.5. The van der Waals surface area contributed by atoms with E-state index in [1.165, 1.54) is 11.1 Å². The largest absolute Gasteiger partial charge is 0.481 e. The van der Waals surface area contributed by atoms with Crippen LogP contribution in [0.2, 0.25) is 0 Å². The summed E-state index contributed by atoms with van der Waals surface area (Å²) in [5.41, 5.74) is 2.13. The first-order valence-corrected chi connectivity index (χ1v) is 9.05. The number of amides is 1. The first-order chi connectivity index (χ1) is 11.9. The van der Waals surface area contributed by atoms with Crippen LogP contribution < -0.4 is 10.1 Å². The predicted molar refractivity (Wildman–Crippen MR) is 103 cm³/mol. The number of aryl methyl sites for hydroxylation is 1. The highest BCUT2D eigenvalue weighted by Crippen LogP contribution is 2.17. The highest BCUT2D eigenvalue weighted by Gasteiger charge is 2.26. The molecule has 0 aliphatic heterocycles. The average Bonchev–Trinajstić information content (AvgIpc) is 2.60. The number of hydrogen-bond acceptors (Lipinski definition) is 2. The van der Waals surface area contributed by atoms with Crippen molar-refractivity contribution in [2.24, 2.45) is 0 Å². The molecule has 0 unspecified atom stereocenters. The zero-order chi connectivity index (χ0) is 18.3. The van der Waals surface area contributed by atoms with Crippen LogP contribution in [0.1, 0.15) is 45.2 Å². The molecule has 0 aliphatic rings. The second-order valence-electron chi connectivity index (χ2n) is 7.05. The van der Waals surface area contributed by atoms with E-state index in [1.807, 2.05) is 63.2 Å². The van der Waals surface area contributed by atoms with Gasteiger partial charge in [-0.1, -0.05) is 56.3 Å². The van der Waals surface area contributed by atoms with Gasteiger partial charge in [0.1, 0.15) is 5.75 Å². The molecule has 2 rings (SSSR count). The van der Waals surface area contributed by atoms with E-state index in [1.54, 1.807) is 0 Å².